The number of hydrogen-bond donors (Lipinski definition) is 0. The van der Waals surface area contributed by atoms with Crippen molar-refractivity contribution in [3.63, 3.8) is 0 Å². The quantitative estimate of drug-likeness (QED) is 0.332. The number of hydrogen-bond acceptors (Lipinski definition) is 6. The van der Waals surface area contributed by atoms with E-state index in [1.165, 1.54) is 7.11 Å². The highest BCUT2D eigenvalue weighted by atomic mass is 79.9. The molecular weight excluding hydrogens is 463 g/mol. The lowest BCUT2D eigenvalue weighted by Crippen LogP contribution is -2.41. The maximum absolute atomic E-state index is 12.1. The molecule has 0 aliphatic carbocycles. The second kappa shape index (κ2) is 9.24. The Bertz CT molecular complexity index is 972. The van der Waals surface area contributed by atoms with Crippen molar-refractivity contribution < 1.29 is 28.4 Å². The number of benzene rings is 2. The van der Waals surface area contributed by atoms with Gasteiger partial charge in [0.1, 0.15) is 6.29 Å². The first-order valence-electron chi connectivity index (χ1n) is 9.96. The Morgan fingerprint density at radius 1 is 1.10 bits per heavy atom. The first-order valence-corrected chi connectivity index (χ1v) is 10.8. The zero-order chi connectivity index (χ0) is 22.8. The molecule has 1 heterocycles. The molecule has 0 aromatic heterocycles. The van der Waals surface area contributed by atoms with Crippen LogP contribution in [0.4, 0.5) is 0 Å². The van der Waals surface area contributed by atoms with Crippen molar-refractivity contribution in [1.29, 1.82) is 0 Å². The maximum Gasteiger partial charge on any atom is 0.495 e. The van der Waals surface area contributed by atoms with Gasteiger partial charge in [-0.2, -0.15) is 0 Å². The lowest BCUT2D eigenvalue weighted by atomic mass is 9.75. The summed E-state index contributed by atoms with van der Waals surface area (Å²) in [6.45, 7) is 8.39. The van der Waals surface area contributed by atoms with Crippen molar-refractivity contribution in [1.82, 2.24) is 0 Å². The molecular formula is C23H26BBrO6. The molecule has 1 aliphatic rings. The maximum atomic E-state index is 12.1. The summed E-state index contributed by atoms with van der Waals surface area (Å²) in [5.41, 5.74) is 2.25. The van der Waals surface area contributed by atoms with Crippen molar-refractivity contribution in [2.45, 2.75) is 52.1 Å². The number of halogens is 1. The number of aldehydes is 1. The van der Waals surface area contributed by atoms with Gasteiger partial charge in [-0.25, -0.2) is 4.79 Å². The molecule has 0 atom stereocenters. The summed E-state index contributed by atoms with van der Waals surface area (Å²) < 4.78 is 24.0. The number of methoxy groups -OCH3 is 1. The van der Waals surface area contributed by atoms with E-state index < -0.39 is 24.3 Å². The monoisotopic (exact) mass is 488 g/mol. The second-order valence-electron chi connectivity index (χ2n) is 8.41. The van der Waals surface area contributed by atoms with Crippen LogP contribution < -0.4 is 5.46 Å². The van der Waals surface area contributed by atoms with Crippen LogP contribution in [0.15, 0.2) is 40.9 Å². The summed E-state index contributed by atoms with van der Waals surface area (Å²) >= 11 is 3.47. The van der Waals surface area contributed by atoms with Crippen LogP contribution in [0.1, 0.15) is 59.5 Å². The van der Waals surface area contributed by atoms with E-state index in [-0.39, 0.29) is 13.2 Å². The van der Waals surface area contributed by atoms with Gasteiger partial charge in [-0.1, -0.05) is 34.1 Å². The molecule has 0 saturated carbocycles. The third-order valence-corrected chi connectivity index (χ3v) is 6.60. The molecule has 1 fully saturated rings. The van der Waals surface area contributed by atoms with Crippen molar-refractivity contribution in [2.75, 3.05) is 7.11 Å². The van der Waals surface area contributed by atoms with Gasteiger partial charge in [-0.3, -0.25) is 4.79 Å². The molecule has 31 heavy (non-hydrogen) atoms. The minimum Gasteiger partial charge on any atom is -0.465 e. The molecule has 1 saturated heterocycles. The van der Waals surface area contributed by atoms with Gasteiger partial charge >= 0.3 is 13.1 Å². The Kier molecular flexibility index (Phi) is 7.06. The highest BCUT2D eigenvalue weighted by molar-refractivity contribution is 9.10. The molecule has 6 nitrogen and oxygen atoms in total. The number of rotatable bonds is 7. The highest BCUT2D eigenvalue weighted by Crippen LogP contribution is 2.36. The third kappa shape index (κ3) is 4.93. The van der Waals surface area contributed by atoms with Crippen molar-refractivity contribution in [2.24, 2.45) is 0 Å². The van der Waals surface area contributed by atoms with Gasteiger partial charge in [0.05, 0.1) is 37.1 Å². The summed E-state index contributed by atoms with van der Waals surface area (Å²) in [5.74, 6) is -0.436. The van der Waals surface area contributed by atoms with Crippen LogP contribution in [0, 0.1) is 0 Å². The van der Waals surface area contributed by atoms with Gasteiger partial charge in [-0.15, -0.1) is 0 Å². The third-order valence-electron chi connectivity index (χ3n) is 5.86. The molecule has 0 bridgehead atoms. The van der Waals surface area contributed by atoms with Crippen molar-refractivity contribution in [3.05, 3.63) is 63.1 Å². The number of ether oxygens (including phenoxy) is 2. The van der Waals surface area contributed by atoms with Crippen LogP contribution in [0.25, 0.3) is 0 Å². The topological polar surface area (TPSA) is 71.1 Å². The SMILES string of the molecule is COC(=O)c1ccc(COCc2c(Br)cccc2C=O)c(B2OC(C)(C)C(C)(C)O2)c1. The van der Waals surface area contributed by atoms with Crippen LogP contribution in [-0.4, -0.2) is 37.7 Å². The smallest absolute Gasteiger partial charge is 0.465 e. The van der Waals surface area contributed by atoms with E-state index in [1.807, 2.05) is 39.8 Å². The Hall–Kier alpha value is -2.00. The summed E-state index contributed by atoms with van der Waals surface area (Å²) in [5, 5.41) is 0. The fourth-order valence-electron chi connectivity index (χ4n) is 3.26. The van der Waals surface area contributed by atoms with E-state index in [2.05, 4.69) is 15.9 Å². The molecule has 0 radical (unpaired) electrons. The van der Waals surface area contributed by atoms with Crippen LogP contribution in [-0.2, 0) is 32.0 Å². The van der Waals surface area contributed by atoms with E-state index in [1.54, 1.807) is 24.3 Å². The van der Waals surface area contributed by atoms with Crippen LogP contribution in [0.3, 0.4) is 0 Å². The lowest BCUT2D eigenvalue weighted by molar-refractivity contribution is 0.00578. The average Bonchev–Trinajstić information content (AvgIpc) is 2.95. The van der Waals surface area contributed by atoms with E-state index in [0.29, 0.717) is 16.6 Å². The first kappa shape index (κ1) is 23.7. The molecule has 2 aromatic carbocycles. The van der Waals surface area contributed by atoms with Crippen LogP contribution in [0.2, 0.25) is 0 Å². The highest BCUT2D eigenvalue weighted by Gasteiger charge is 2.52. The molecule has 2 aromatic rings. The van der Waals surface area contributed by atoms with Crippen LogP contribution in [0.5, 0.6) is 0 Å². The summed E-state index contributed by atoms with van der Waals surface area (Å²) in [6.07, 6.45) is 0.810. The zero-order valence-corrected chi connectivity index (χ0v) is 19.9. The first-order chi connectivity index (χ1) is 14.6. The fraction of sp³-hybridized carbons (Fsp3) is 0.391. The van der Waals surface area contributed by atoms with Gasteiger partial charge < -0.3 is 18.8 Å². The Morgan fingerprint density at radius 3 is 2.39 bits per heavy atom. The summed E-state index contributed by atoms with van der Waals surface area (Å²) in [4.78, 5) is 23.4. The molecule has 164 valence electrons. The Labute approximate surface area is 191 Å². The summed E-state index contributed by atoms with van der Waals surface area (Å²) in [7, 11) is 0.693. The van der Waals surface area contributed by atoms with Crippen molar-refractivity contribution >= 4 is 40.8 Å². The van der Waals surface area contributed by atoms with Gasteiger partial charge in [-0.05, 0) is 56.9 Å². The number of carbonyl (C=O) groups excluding carboxylic acids is 2. The molecule has 0 N–H and O–H groups in total. The standard InChI is InChI=1S/C23H26BBrO6/c1-22(2)23(3,4)31-24(30-22)19-11-15(21(27)28-5)9-10-17(19)13-29-14-18-16(12-26)7-6-8-20(18)25/h6-12H,13-14H2,1-5H3. The summed E-state index contributed by atoms with van der Waals surface area (Å²) in [6, 6.07) is 10.6. The van der Waals surface area contributed by atoms with E-state index in [4.69, 9.17) is 18.8 Å². The fourth-order valence-corrected chi connectivity index (χ4v) is 3.76. The average molecular weight is 489 g/mol. The minimum absolute atomic E-state index is 0.247. The Balaban J connectivity index is 1.87. The van der Waals surface area contributed by atoms with Gasteiger partial charge in [0.25, 0.3) is 0 Å². The number of esters is 1. The Morgan fingerprint density at radius 2 is 1.77 bits per heavy atom. The molecule has 1 aliphatic heterocycles. The predicted molar refractivity (Wildman–Crippen MR) is 122 cm³/mol. The minimum atomic E-state index is -0.651. The molecule has 0 unspecified atom stereocenters. The van der Waals surface area contributed by atoms with Crippen molar-refractivity contribution in [3.8, 4) is 0 Å². The lowest BCUT2D eigenvalue weighted by Gasteiger charge is -2.32. The van der Waals surface area contributed by atoms with Gasteiger partial charge in [0, 0.05) is 15.6 Å². The number of carbonyl (C=O) groups is 2. The molecule has 0 amide bonds. The predicted octanol–water partition coefficient (Wildman–Crippen LogP) is 4.06. The van der Waals surface area contributed by atoms with Gasteiger partial charge in [0.15, 0.2) is 0 Å². The largest absolute Gasteiger partial charge is 0.495 e. The molecule has 8 heteroatoms. The van der Waals surface area contributed by atoms with E-state index in [0.717, 1.165) is 21.9 Å². The van der Waals surface area contributed by atoms with E-state index >= 15 is 0 Å². The second-order valence-corrected chi connectivity index (χ2v) is 9.27. The van der Waals surface area contributed by atoms with Crippen LogP contribution >= 0.6 is 15.9 Å². The van der Waals surface area contributed by atoms with E-state index in [9.17, 15) is 9.59 Å². The molecule has 0 spiro atoms. The zero-order valence-electron chi connectivity index (χ0n) is 18.4. The normalized spacial score (nSPS) is 16.9. The van der Waals surface area contributed by atoms with Gasteiger partial charge in [0.2, 0.25) is 0 Å². The molecule has 3 rings (SSSR count).